The fourth-order valence-corrected chi connectivity index (χ4v) is 4.00. The van der Waals surface area contributed by atoms with E-state index in [4.69, 9.17) is 11.6 Å². The molecule has 4 aromatic rings. The third kappa shape index (κ3) is 3.75. The second-order valence-corrected chi connectivity index (χ2v) is 7.97. The Labute approximate surface area is 183 Å². The fourth-order valence-electron chi connectivity index (χ4n) is 3.82. The van der Waals surface area contributed by atoms with Crippen LogP contribution in [0.3, 0.4) is 0 Å². The van der Waals surface area contributed by atoms with Crippen LogP contribution in [0.2, 0.25) is 5.02 Å². The zero-order chi connectivity index (χ0) is 22.3. The van der Waals surface area contributed by atoms with E-state index in [-0.39, 0.29) is 24.2 Å². The SMILES string of the molecule is COC(=O)CCC(=O)c1cn(-c2cc3cc(Cl)ccc3n(C)c2=O)c2cc(C)ccc12. The molecule has 2 aromatic carbocycles. The van der Waals surface area contributed by atoms with E-state index < -0.39 is 5.97 Å². The summed E-state index contributed by atoms with van der Waals surface area (Å²) in [7, 11) is 3.00. The molecule has 0 aliphatic heterocycles. The van der Waals surface area contributed by atoms with Crippen LogP contribution in [0.5, 0.6) is 0 Å². The maximum atomic E-state index is 13.2. The normalized spacial score (nSPS) is 11.2. The third-order valence-electron chi connectivity index (χ3n) is 5.47. The summed E-state index contributed by atoms with van der Waals surface area (Å²) in [6.45, 7) is 1.95. The molecule has 0 saturated heterocycles. The summed E-state index contributed by atoms with van der Waals surface area (Å²) in [5.74, 6) is -0.619. The molecule has 0 aliphatic carbocycles. The summed E-state index contributed by atoms with van der Waals surface area (Å²) in [6.07, 6.45) is 1.71. The summed E-state index contributed by atoms with van der Waals surface area (Å²) in [4.78, 5) is 37.6. The van der Waals surface area contributed by atoms with Crippen molar-refractivity contribution in [2.75, 3.05) is 7.11 Å². The van der Waals surface area contributed by atoms with Crippen LogP contribution in [-0.2, 0) is 16.6 Å². The van der Waals surface area contributed by atoms with Gasteiger partial charge in [-0.3, -0.25) is 14.4 Å². The minimum Gasteiger partial charge on any atom is -0.469 e. The number of benzene rings is 2. The summed E-state index contributed by atoms with van der Waals surface area (Å²) in [5, 5.41) is 2.12. The van der Waals surface area contributed by atoms with Crippen LogP contribution in [0.4, 0.5) is 0 Å². The molecule has 0 spiro atoms. The largest absolute Gasteiger partial charge is 0.469 e. The smallest absolute Gasteiger partial charge is 0.305 e. The van der Waals surface area contributed by atoms with Crippen molar-refractivity contribution in [1.29, 1.82) is 0 Å². The van der Waals surface area contributed by atoms with E-state index in [1.54, 1.807) is 40.6 Å². The lowest BCUT2D eigenvalue weighted by molar-refractivity contribution is -0.140. The third-order valence-corrected chi connectivity index (χ3v) is 5.71. The van der Waals surface area contributed by atoms with Gasteiger partial charge in [0.25, 0.3) is 5.56 Å². The first kappa shape index (κ1) is 20.9. The number of nitrogens with zero attached hydrogens (tertiary/aromatic N) is 2. The van der Waals surface area contributed by atoms with Crippen molar-refractivity contribution in [1.82, 2.24) is 9.13 Å². The molecule has 2 aromatic heterocycles. The number of pyridine rings is 1. The molecule has 0 atom stereocenters. The maximum Gasteiger partial charge on any atom is 0.305 e. The second kappa shape index (κ2) is 8.04. The quantitative estimate of drug-likeness (QED) is 0.339. The number of Topliss-reactive ketones (excluding diaryl/α,β-unsaturated/α-hetero) is 1. The molecule has 0 fully saturated rings. The van der Waals surface area contributed by atoms with Gasteiger partial charge in [0.2, 0.25) is 0 Å². The van der Waals surface area contributed by atoms with Gasteiger partial charge in [-0.15, -0.1) is 0 Å². The molecule has 0 amide bonds. The average Bonchev–Trinajstić information content (AvgIpc) is 3.12. The number of aromatic nitrogens is 2. The van der Waals surface area contributed by atoms with E-state index in [2.05, 4.69) is 4.74 Å². The molecule has 0 radical (unpaired) electrons. The van der Waals surface area contributed by atoms with E-state index in [1.807, 2.05) is 31.2 Å². The highest BCUT2D eigenvalue weighted by Crippen LogP contribution is 2.28. The number of ether oxygens (including phenoxy) is 1. The number of hydrogen-bond donors (Lipinski definition) is 0. The first-order valence-electron chi connectivity index (χ1n) is 9.81. The minimum absolute atomic E-state index is 0.00407. The molecule has 7 heteroatoms. The Morgan fingerprint density at radius 2 is 1.81 bits per heavy atom. The van der Waals surface area contributed by atoms with Gasteiger partial charge in [0.1, 0.15) is 5.69 Å². The first-order chi connectivity index (χ1) is 14.8. The first-order valence-corrected chi connectivity index (χ1v) is 10.2. The van der Waals surface area contributed by atoms with Crippen molar-refractivity contribution in [2.45, 2.75) is 19.8 Å². The molecule has 0 unspecified atom stereocenters. The van der Waals surface area contributed by atoms with Crippen LogP contribution in [0, 0.1) is 6.92 Å². The van der Waals surface area contributed by atoms with Crippen molar-refractivity contribution in [3.63, 3.8) is 0 Å². The van der Waals surface area contributed by atoms with Crippen LogP contribution in [0.15, 0.2) is 53.5 Å². The Bertz CT molecular complexity index is 1410. The molecule has 0 saturated carbocycles. The van der Waals surface area contributed by atoms with Crippen molar-refractivity contribution in [2.24, 2.45) is 7.05 Å². The fraction of sp³-hybridized carbons (Fsp3) is 0.208. The van der Waals surface area contributed by atoms with Gasteiger partial charge in [0.15, 0.2) is 5.78 Å². The van der Waals surface area contributed by atoms with Gasteiger partial charge in [-0.2, -0.15) is 0 Å². The average molecular weight is 437 g/mol. The molecule has 0 aliphatic rings. The van der Waals surface area contributed by atoms with E-state index >= 15 is 0 Å². The Morgan fingerprint density at radius 3 is 2.55 bits per heavy atom. The second-order valence-electron chi connectivity index (χ2n) is 7.53. The zero-order valence-corrected chi connectivity index (χ0v) is 18.2. The van der Waals surface area contributed by atoms with Crippen LogP contribution in [0.1, 0.15) is 28.8 Å². The van der Waals surface area contributed by atoms with E-state index in [1.165, 1.54) is 7.11 Å². The van der Waals surface area contributed by atoms with Crippen LogP contribution < -0.4 is 5.56 Å². The van der Waals surface area contributed by atoms with Gasteiger partial charge < -0.3 is 13.9 Å². The number of ketones is 1. The highest BCUT2D eigenvalue weighted by atomic mass is 35.5. The summed E-state index contributed by atoms with van der Waals surface area (Å²) in [6, 6.07) is 12.9. The number of halogens is 1. The van der Waals surface area contributed by atoms with Gasteiger partial charge in [0, 0.05) is 41.0 Å². The monoisotopic (exact) mass is 436 g/mol. The number of carbonyl (C=O) groups excluding carboxylic acids is 2. The minimum atomic E-state index is -0.437. The molecule has 31 heavy (non-hydrogen) atoms. The number of carbonyl (C=O) groups is 2. The molecule has 0 N–H and O–H groups in total. The van der Waals surface area contributed by atoms with Crippen molar-refractivity contribution >= 4 is 45.2 Å². The standard InChI is InChI=1S/C24H21ClN2O4/c1-14-4-6-17-18(22(28)8-9-23(29)31-3)13-27(20(17)10-14)21-12-15-11-16(25)5-7-19(15)26(2)24(21)30/h4-7,10-13H,8-9H2,1-3H3. The molecule has 2 heterocycles. The lowest BCUT2D eigenvalue weighted by Crippen LogP contribution is -2.22. The molecule has 158 valence electrons. The molecular formula is C24H21ClN2O4. The topological polar surface area (TPSA) is 70.3 Å². The number of rotatable bonds is 5. The van der Waals surface area contributed by atoms with E-state index in [0.29, 0.717) is 16.3 Å². The van der Waals surface area contributed by atoms with Gasteiger partial charge in [0.05, 0.1) is 24.6 Å². The van der Waals surface area contributed by atoms with Gasteiger partial charge in [-0.25, -0.2) is 0 Å². The predicted octanol–water partition coefficient (Wildman–Crippen LogP) is 4.58. The maximum absolute atomic E-state index is 13.2. The Morgan fingerprint density at radius 1 is 1.03 bits per heavy atom. The Kier molecular flexibility index (Phi) is 5.41. The van der Waals surface area contributed by atoms with Gasteiger partial charge in [-0.1, -0.05) is 23.7 Å². The number of aryl methyl sites for hydroxylation is 2. The number of hydrogen-bond acceptors (Lipinski definition) is 4. The highest BCUT2D eigenvalue weighted by Gasteiger charge is 2.19. The van der Waals surface area contributed by atoms with Crippen LogP contribution in [0.25, 0.3) is 27.5 Å². The Balaban J connectivity index is 1.93. The van der Waals surface area contributed by atoms with Crippen LogP contribution in [-0.4, -0.2) is 28.0 Å². The number of methoxy groups -OCH3 is 1. The van der Waals surface area contributed by atoms with Crippen molar-refractivity contribution in [3.8, 4) is 5.69 Å². The zero-order valence-electron chi connectivity index (χ0n) is 17.4. The number of fused-ring (bicyclic) bond motifs is 2. The van der Waals surface area contributed by atoms with Gasteiger partial charge in [-0.05, 0) is 42.8 Å². The Hall–Kier alpha value is -3.38. The molecular weight excluding hydrogens is 416 g/mol. The lowest BCUT2D eigenvalue weighted by atomic mass is 10.0. The van der Waals surface area contributed by atoms with Gasteiger partial charge >= 0.3 is 5.97 Å². The summed E-state index contributed by atoms with van der Waals surface area (Å²) >= 11 is 6.17. The summed E-state index contributed by atoms with van der Waals surface area (Å²) < 4.78 is 7.96. The lowest BCUT2D eigenvalue weighted by Gasteiger charge is -2.11. The van der Waals surface area contributed by atoms with E-state index in [0.717, 1.165) is 27.4 Å². The predicted molar refractivity (Wildman–Crippen MR) is 121 cm³/mol. The van der Waals surface area contributed by atoms with Crippen molar-refractivity contribution in [3.05, 3.63) is 75.2 Å². The molecule has 6 nitrogen and oxygen atoms in total. The molecule has 0 bridgehead atoms. The highest BCUT2D eigenvalue weighted by molar-refractivity contribution is 6.31. The number of esters is 1. The van der Waals surface area contributed by atoms with Crippen LogP contribution >= 0.6 is 11.6 Å². The van der Waals surface area contributed by atoms with E-state index in [9.17, 15) is 14.4 Å². The summed E-state index contributed by atoms with van der Waals surface area (Å²) in [5.41, 5.74) is 3.20. The molecule has 4 rings (SSSR count). The van der Waals surface area contributed by atoms with Crippen molar-refractivity contribution < 1.29 is 14.3 Å².